The van der Waals surface area contributed by atoms with Crippen LogP contribution < -0.4 is 10.6 Å². The Bertz CT molecular complexity index is 730. The Balaban J connectivity index is 1.67. The zero-order valence-electron chi connectivity index (χ0n) is 17.6. The van der Waals surface area contributed by atoms with Gasteiger partial charge < -0.3 is 15.5 Å². The summed E-state index contributed by atoms with van der Waals surface area (Å²) in [7, 11) is 0. The van der Waals surface area contributed by atoms with Crippen LogP contribution in [0.2, 0.25) is 0 Å². The lowest BCUT2D eigenvalue weighted by molar-refractivity contribution is -0.134. The molecule has 29 heavy (non-hydrogen) atoms. The third-order valence-corrected chi connectivity index (χ3v) is 6.17. The van der Waals surface area contributed by atoms with E-state index in [1.165, 1.54) is 0 Å². The fourth-order valence-electron chi connectivity index (χ4n) is 4.18. The number of nitrogens with one attached hydrogen (secondary N) is 2. The van der Waals surface area contributed by atoms with Gasteiger partial charge >= 0.3 is 0 Å². The Morgan fingerprint density at radius 1 is 1.00 bits per heavy atom. The van der Waals surface area contributed by atoms with Crippen molar-refractivity contribution in [2.45, 2.75) is 71.3 Å². The molecule has 0 aromatic heterocycles. The molecule has 2 aliphatic carbocycles. The fourth-order valence-corrected chi connectivity index (χ4v) is 4.18. The molecular formula is C23H33N3O3. The third-order valence-electron chi connectivity index (χ3n) is 6.17. The van der Waals surface area contributed by atoms with Crippen molar-refractivity contribution in [3.05, 3.63) is 29.8 Å². The summed E-state index contributed by atoms with van der Waals surface area (Å²) >= 11 is 0. The maximum Gasteiger partial charge on any atom is 0.253 e. The lowest BCUT2D eigenvalue weighted by atomic mass is 9.70. The summed E-state index contributed by atoms with van der Waals surface area (Å²) < 4.78 is 0. The summed E-state index contributed by atoms with van der Waals surface area (Å²) in [6, 6.07) is 7.36. The molecule has 0 bridgehead atoms. The molecule has 2 N–H and O–H groups in total. The van der Waals surface area contributed by atoms with Gasteiger partial charge in [-0.05, 0) is 63.8 Å². The van der Waals surface area contributed by atoms with Crippen molar-refractivity contribution in [2.75, 3.05) is 18.4 Å². The van der Waals surface area contributed by atoms with Crippen LogP contribution in [0.25, 0.3) is 0 Å². The van der Waals surface area contributed by atoms with Gasteiger partial charge in [0.1, 0.15) is 0 Å². The number of carbonyl (C=O) groups excluding carboxylic acids is 3. The predicted molar refractivity (Wildman–Crippen MR) is 114 cm³/mol. The van der Waals surface area contributed by atoms with Crippen LogP contribution >= 0.6 is 0 Å². The minimum Gasteiger partial charge on any atom is -0.353 e. The van der Waals surface area contributed by atoms with E-state index in [4.69, 9.17) is 0 Å². The number of carbonyl (C=O) groups is 3. The maximum absolute atomic E-state index is 13.2. The van der Waals surface area contributed by atoms with Crippen LogP contribution in [0.1, 0.15) is 75.6 Å². The van der Waals surface area contributed by atoms with E-state index in [0.717, 1.165) is 44.9 Å². The van der Waals surface area contributed by atoms with Crippen molar-refractivity contribution < 1.29 is 14.4 Å². The van der Waals surface area contributed by atoms with Crippen molar-refractivity contribution in [2.24, 2.45) is 5.41 Å². The molecule has 0 atom stereocenters. The topological polar surface area (TPSA) is 78.5 Å². The molecule has 2 fully saturated rings. The second-order valence-electron chi connectivity index (χ2n) is 8.37. The molecule has 2 aliphatic rings. The Hall–Kier alpha value is -2.37. The highest BCUT2D eigenvalue weighted by Gasteiger charge is 2.42. The summed E-state index contributed by atoms with van der Waals surface area (Å²) in [4.78, 5) is 39.8. The van der Waals surface area contributed by atoms with Crippen LogP contribution in [0.3, 0.4) is 0 Å². The van der Waals surface area contributed by atoms with E-state index in [9.17, 15) is 14.4 Å². The average Bonchev–Trinajstić information content (AvgIpc) is 3.53. The number of nitrogens with zero attached hydrogens (tertiary/aromatic N) is 1. The number of anilines is 1. The minimum absolute atomic E-state index is 0.00613. The van der Waals surface area contributed by atoms with Gasteiger partial charge in [-0.25, -0.2) is 0 Å². The first-order valence-electron chi connectivity index (χ1n) is 11.0. The van der Waals surface area contributed by atoms with Crippen molar-refractivity contribution >= 4 is 23.4 Å². The van der Waals surface area contributed by atoms with Gasteiger partial charge in [0, 0.05) is 36.8 Å². The molecule has 158 valence electrons. The highest BCUT2D eigenvalue weighted by atomic mass is 16.2. The molecular weight excluding hydrogens is 366 g/mol. The fraction of sp³-hybridized carbons (Fsp3) is 0.609. The number of amides is 3. The summed E-state index contributed by atoms with van der Waals surface area (Å²) in [5, 5.41) is 6.03. The van der Waals surface area contributed by atoms with Crippen LogP contribution in [0.15, 0.2) is 24.3 Å². The molecule has 6 nitrogen and oxygen atoms in total. The molecule has 2 saturated carbocycles. The van der Waals surface area contributed by atoms with Crippen LogP contribution in [0.5, 0.6) is 0 Å². The Labute approximate surface area is 173 Å². The number of benzene rings is 1. The molecule has 0 aliphatic heterocycles. The second-order valence-corrected chi connectivity index (χ2v) is 8.37. The highest BCUT2D eigenvalue weighted by Crippen LogP contribution is 2.40. The van der Waals surface area contributed by atoms with Crippen molar-refractivity contribution in [3.63, 3.8) is 0 Å². The van der Waals surface area contributed by atoms with Crippen LogP contribution in [-0.4, -0.2) is 41.8 Å². The van der Waals surface area contributed by atoms with Crippen molar-refractivity contribution in [1.82, 2.24) is 10.2 Å². The van der Waals surface area contributed by atoms with Crippen LogP contribution in [0.4, 0.5) is 5.69 Å². The SMILES string of the molecule is CCN(CC)C(=O)c1ccc(NC(=O)C2(CC(=O)NC3CC3)CCCCC2)cc1. The van der Waals surface area contributed by atoms with E-state index in [-0.39, 0.29) is 24.1 Å². The lowest BCUT2D eigenvalue weighted by Crippen LogP contribution is -2.42. The summed E-state index contributed by atoms with van der Waals surface area (Å²) in [5.41, 5.74) is 0.647. The second kappa shape index (κ2) is 9.42. The van der Waals surface area contributed by atoms with Gasteiger partial charge in [-0.15, -0.1) is 0 Å². The standard InChI is InChI=1S/C23H33N3O3/c1-3-26(4-2)21(28)17-8-10-19(11-9-17)25-22(29)23(14-6-5-7-15-23)16-20(27)24-18-12-13-18/h8-11,18H,3-7,12-16H2,1-2H3,(H,24,27)(H,25,29). The molecule has 6 heteroatoms. The van der Waals surface area contributed by atoms with Gasteiger partial charge in [-0.2, -0.15) is 0 Å². The number of rotatable bonds is 8. The van der Waals surface area contributed by atoms with E-state index in [2.05, 4.69) is 10.6 Å². The van der Waals surface area contributed by atoms with Gasteiger partial charge in [0.05, 0.1) is 5.41 Å². The molecule has 3 amide bonds. The van der Waals surface area contributed by atoms with E-state index in [0.29, 0.717) is 30.4 Å². The molecule has 0 unspecified atom stereocenters. The molecule has 1 aromatic rings. The Kier molecular flexibility index (Phi) is 6.93. The van der Waals surface area contributed by atoms with Crippen molar-refractivity contribution in [3.8, 4) is 0 Å². The zero-order chi connectivity index (χ0) is 20.9. The normalized spacial score (nSPS) is 18.0. The number of hydrogen-bond donors (Lipinski definition) is 2. The predicted octanol–water partition coefficient (Wildman–Crippen LogP) is 3.73. The third kappa shape index (κ3) is 5.37. The minimum atomic E-state index is -0.632. The molecule has 0 heterocycles. The van der Waals surface area contributed by atoms with Crippen LogP contribution in [0, 0.1) is 5.41 Å². The van der Waals surface area contributed by atoms with Gasteiger partial charge in [0.15, 0.2) is 0 Å². The van der Waals surface area contributed by atoms with Gasteiger partial charge in [-0.3, -0.25) is 14.4 Å². The van der Waals surface area contributed by atoms with Crippen LogP contribution in [-0.2, 0) is 9.59 Å². The number of hydrogen-bond acceptors (Lipinski definition) is 3. The summed E-state index contributed by atoms with van der Waals surface area (Å²) in [6.07, 6.45) is 6.90. The molecule has 0 radical (unpaired) electrons. The highest BCUT2D eigenvalue weighted by molar-refractivity contribution is 5.99. The quantitative estimate of drug-likeness (QED) is 0.699. The van der Waals surface area contributed by atoms with E-state index in [1.807, 2.05) is 13.8 Å². The van der Waals surface area contributed by atoms with E-state index >= 15 is 0 Å². The summed E-state index contributed by atoms with van der Waals surface area (Å²) in [6.45, 7) is 5.25. The summed E-state index contributed by atoms with van der Waals surface area (Å²) in [5.74, 6) is -0.0935. The van der Waals surface area contributed by atoms with E-state index < -0.39 is 5.41 Å². The Morgan fingerprint density at radius 2 is 1.62 bits per heavy atom. The van der Waals surface area contributed by atoms with Gasteiger partial charge in [-0.1, -0.05) is 19.3 Å². The van der Waals surface area contributed by atoms with Gasteiger partial charge in [0.2, 0.25) is 11.8 Å². The first kappa shape index (κ1) is 21.3. The smallest absolute Gasteiger partial charge is 0.253 e. The molecule has 0 saturated heterocycles. The largest absolute Gasteiger partial charge is 0.353 e. The maximum atomic E-state index is 13.2. The first-order valence-corrected chi connectivity index (χ1v) is 11.0. The lowest BCUT2D eigenvalue weighted by Gasteiger charge is -2.35. The Morgan fingerprint density at radius 3 is 2.17 bits per heavy atom. The average molecular weight is 400 g/mol. The molecule has 3 rings (SSSR count). The van der Waals surface area contributed by atoms with Gasteiger partial charge in [0.25, 0.3) is 5.91 Å². The zero-order valence-corrected chi connectivity index (χ0v) is 17.6. The first-order chi connectivity index (χ1) is 14.0. The van der Waals surface area contributed by atoms with Crippen molar-refractivity contribution in [1.29, 1.82) is 0 Å². The molecule has 0 spiro atoms. The monoisotopic (exact) mass is 399 g/mol. The molecule has 1 aromatic carbocycles. The van der Waals surface area contributed by atoms with E-state index in [1.54, 1.807) is 29.2 Å².